The smallest absolute Gasteiger partial charge is 0.256 e. The summed E-state index contributed by atoms with van der Waals surface area (Å²) >= 11 is 25.3. The summed E-state index contributed by atoms with van der Waals surface area (Å²) in [7, 11) is 1.66. The van der Waals surface area contributed by atoms with Crippen LogP contribution in [0.1, 0.15) is 40.2 Å². The molecule has 0 aromatic heterocycles. The highest BCUT2D eigenvalue weighted by molar-refractivity contribution is 6.53. The molecule has 0 radical (unpaired) electrons. The van der Waals surface area contributed by atoms with Crippen molar-refractivity contribution < 1.29 is 9.59 Å². The Morgan fingerprint density at radius 2 is 1.84 bits per heavy atom. The van der Waals surface area contributed by atoms with Gasteiger partial charge in [0.1, 0.15) is 9.87 Å². The van der Waals surface area contributed by atoms with Gasteiger partial charge < -0.3 is 10.2 Å². The minimum Gasteiger partial charge on any atom is -0.326 e. The fourth-order valence-electron chi connectivity index (χ4n) is 4.07. The Hall–Kier alpha value is -1.90. The highest BCUT2D eigenvalue weighted by atomic mass is 35.5. The van der Waals surface area contributed by atoms with Crippen molar-refractivity contribution in [2.75, 3.05) is 12.4 Å². The minimum absolute atomic E-state index is 0.259. The van der Waals surface area contributed by atoms with Gasteiger partial charge in [-0.05, 0) is 61.2 Å². The van der Waals surface area contributed by atoms with E-state index in [9.17, 15) is 9.59 Å². The monoisotopic (exact) mass is 508 g/mol. The summed E-state index contributed by atoms with van der Waals surface area (Å²) in [6.45, 7) is 1.91. The van der Waals surface area contributed by atoms with Crippen LogP contribution < -0.4 is 5.32 Å². The SMILES string of the molecule is C#CC1(N(C)C(=O)c2cc(NC(=O)C3C(c4cc(C)cc(Cl)c4)C3(Cl)Cl)ccc2Cl)CC1. The lowest BCUT2D eigenvalue weighted by molar-refractivity contribution is -0.117. The van der Waals surface area contributed by atoms with Crippen molar-refractivity contribution in [1.82, 2.24) is 4.90 Å². The van der Waals surface area contributed by atoms with Crippen LogP contribution in [0.25, 0.3) is 0 Å². The Kier molecular flexibility index (Phi) is 5.92. The van der Waals surface area contributed by atoms with E-state index in [1.54, 1.807) is 25.2 Å². The molecule has 2 saturated carbocycles. The summed E-state index contributed by atoms with van der Waals surface area (Å²) in [6, 6.07) is 10.2. The number of aryl methyl sites for hydroxylation is 1. The second-order valence-electron chi connectivity index (χ2n) is 8.42. The first kappa shape index (κ1) is 23.3. The van der Waals surface area contributed by atoms with Crippen molar-refractivity contribution in [2.24, 2.45) is 5.92 Å². The fourth-order valence-corrected chi connectivity index (χ4v) is 5.39. The Labute approximate surface area is 207 Å². The molecule has 2 aliphatic rings. The van der Waals surface area contributed by atoms with Crippen LogP contribution in [-0.4, -0.2) is 33.6 Å². The molecule has 2 aromatic carbocycles. The van der Waals surface area contributed by atoms with Gasteiger partial charge in [-0.15, -0.1) is 29.6 Å². The van der Waals surface area contributed by atoms with Gasteiger partial charge in [-0.25, -0.2) is 0 Å². The van der Waals surface area contributed by atoms with Crippen LogP contribution in [0, 0.1) is 25.2 Å². The van der Waals surface area contributed by atoms with Crippen molar-refractivity contribution in [3.63, 3.8) is 0 Å². The molecule has 2 fully saturated rings. The number of halogens is 4. The molecule has 0 spiro atoms. The van der Waals surface area contributed by atoms with E-state index < -0.39 is 21.7 Å². The molecule has 2 amide bonds. The maximum atomic E-state index is 13.0. The average Bonchev–Trinajstić information content (AvgIpc) is 3.62. The van der Waals surface area contributed by atoms with Crippen LogP contribution in [0.3, 0.4) is 0 Å². The summed E-state index contributed by atoms with van der Waals surface area (Å²) < 4.78 is -1.25. The van der Waals surface area contributed by atoms with Gasteiger partial charge >= 0.3 is 0 Å². The lowest BCUT2D eigenvalue weighted by atomic mass is 10.1. The number of anilines is 1. The van der Waals surface area contributed by atoms with E-state index in [-0.39, 0.29) is 22.4 Å². The standard InChI is InChI=1S/C24H20Cl4N2O2/c1-4-23(7-8-23)30(3)22(32)17-12-16(5-6-18(17)26)29-21(31)20-19(24(20,27)28)14-9-13(2)10-15(25)11-14/h1,5-6,9-12,19-20H,7-8H2,2-3H3,(H,29,31). The molecular formula is C24H20Cl4N2O2. The summed E-state index contributed by atoms with van der Waals surface area (Å²) in [4.78, 5) is 27.5. The summed E-state index contributed by atoms with van der Waals surface area (Å²) in [5, 5.41) is 3.64. The van der Waals surface area contributed by atoms with Crippen molar-refractivity contribution in [2.45, 2.75) is 35.6 Å². The molecule has 0 bridgehead atoms. The van der Waals surface area contributed by atoms with Gasteiger partial charge in [0.15, 0.2) is 0 Å². The number of amides is 2. The predicted molar refractivity (Wildman–Crippen MR) is 130 cm³/mol. The van der Waals surface area contributed by atoms with E-state index in [1.807, 2.05) is 19.1 Å². The van der Waals surface area contributed by atoms with E-state index in [2.05, 4.69) is 11.2 Å². The number of terminal acetylenes is 1. The third-order valence-corrected chi connectivity index (χ3v) is 7.65. The molecule has 166 valence electrons. The molecule has 0 aliphatic heterocycles. The van der Waals surface area contributed by atoms with Crippen molar-refractivity contribution in [3.8, 4) is 12.3 Å². The highest BCUT2D eigenvalue weighted by Gasteiger charge is 2.67. The number of benzene rings is 2. The largest absolute Gasteiger partial charge is 0.326 e. The van der Waals surface area contributed by atoms with E-state index in [4.69, 9.17) is 52.8 Å². The Bertz CT molecular complexity index is 1150. The Morgan fingerprint density at radius 3 is 2.44 bits per heavy atom. The fraction of sp³-hybridized carbons (Fsp3) is 0.333. The van der Waals surface area contributed by atoms with Gasteiger partial charge in [0.25, 0.3) is 5.91 Å². The van der Waals surface area contributed by atoms with Crippen molar-refractivity contribution >= 4 is 63.9 Å². The third-order valence-electron chi connectivity index (χ3n) is 6.16. The van der Waals surface area contributed by atoms with Gasteiger partial charge in [-0.2, -0.15) is 0 Å². The highest BCUT2D eigenvalue weighted by Crippen LogP contribution is 2.65. The minimum atomic E-state index is -1.25. The van der Waals surface area contributed by atoms with Gasteiger partial charge in [0.05, 0.1) is 16.5 Å². The molecule has 1 N–H and O–H groups in total. The maximum Gasteiger partial charge on any atom is 0.256 e. The van der Waals surface area contributed by atoms with E-state index in [0.717, 1.165) is 24.0 Å². The van der Waals surface area contributed by atoms with Crippen LogP contribution in [0.5, 0.6) is 0 Å². The number of hydrogen-bond acceptors (Lipinski definition) is 2. The topological polar surface area (TPSA) is 49.4 Å². The summed E-state index contributed by atoms with van der Waals surface area (Å²) in [5.41, 5.74) is 1.87. The average molecular weight is 510 g/mol. The molecule has 0 saturated heterocycles. The first-order chi connectivity index (χ1) is 15.0. The molecule has 2 unspecified atom stereocenters. The first-order valence-electron chi connectivity index (χ1n) is 10.0. The quantitative estimate of drug-likeness (QED) is 0.393. The number of rotatable bonds is 5. The van der Waals surface area contributed by atoms with Crippen LogP contribution in [-0.2, 0) is 4.79 Å². The molecule has 2 aromatic rings. The molecule has 2 atom stereocenters. The second kappa shape index (κ2) is 8.15. The lowest BCUT2D eigenvalue weighted by Gasteiger charge is -2.24. The number of hydrogen-bond donors (Lipinski definition) is 1. The molecule has 2 aliphatic carbocycles. The van der Waals surface area contributed by atoms with Crippen LogP contribution in [0.4, 0.5) is 5.69 Å². The van der Waals surface area contributed by atoms with Crippen molar-refractivity contribution in [3.05, 3.63) is 63.1 Å². The predicted octanol–water partition coefficient (Wildman–Crippen LogP) is 6.07. The first-order valence-corrected chi connectivity index (χ1v) is 11.5. The maximum absolute atomic E-state index is 13.0. The number of carbonyl (C=O) groups excluding carboxylic acids is 2. The van der Waals surface area contributed by atoms with Gasteiger partial charge in [0, 0.05) is 23.7 Å². The zero-order valence-corrected chi connectivity index (χ0v) is 20.4. The molecule has 32 heavy (non-hydrogen) atoms. The Balaban J connectivity index is 1.53. The molecule has 8 heteroatoms. The van der Waals surface area contributed by atoms with E-state index in [0.29, 0.717) is 10.7 Å². The van der Waals surface area contributed by atoms with E-state index >= 15 is 0 Å². The van der Waals surface area contributed by atoms with Gasteiger partial charge in [-0.3, -0.25) is 9.59 Å². The number of alkyl halides is 2. The molecular weight excluding hydrogens is 490 g/mol. The molecule has 4 rings (SSSR count). The number of nitrogens with one attached hydrogen (secondary N) is 1. The van der Waals surface area contributed by atoms with Crippen LogP contribution >= 0.6 is 46.4 Å². The van der Waals surface area contributed by atoms with Crippen LogP contribution in [0.2, 0.25) is 10.0 Å². The van der Waals surface area contributed by atoms with Gasteiger partial charge in [-0.1, -0.05) is 35.2 Å². The molecule has 4 nitrogen and oxygen atoms in total. The van der Waals surface area contributed by atoms with Crippen LogP contribution in [0.15, 0.2) is 36.4 Å². The normalized spacial score (nSPS) is 21.9. The van der Waals surface area contributed by atoms with Crippen molar-refractivity contribution in [1.29, 1.82) is 0 Å². The van der Waals surface area contributed by atoms with E-state index in [1.165, 1.54) is 11.0 Å². The number of nitrogens with zero attached hydrogens (tertiary/aromatic N) is 1. The van der Waals surface area contributed by atoms with Gasteiger partial charge in [0.2, 0.25) is 5.91 Å². The molecule has 0 heterocycles. The Morgan fingerprint density at radius 1 is 1.16 bits per heavy atom. The third kappa shape index (κ3) is 4.08. The summed E-state index contributed by atoms with van der Waals surface area (Å²) in [6.07, 6.45) is 7.10. The number of carbonyl (C=O) groups is 2. The zero-order chi connectivity index (χ0) is 23.4. The zero-order valence-electron chi connectivity index (χ0n) is 17.4. The second-order valence-corrected chi connectivity index (χ2v) is 10.7. The lowest BCUT2D eigenvalue weighted by Crippen LogP contribution is -2.38. The summed E-state index contributed by atoms with van der Waals surface area (Å²) in [5.74, 6) is 0.964.